The molecule has 0 saturated heterocycles. The van der Waals surface area contributed by atoms with E-state index in [0.717, 1.165) is 28.2 Å². The van der Waals surface area contributed by atoms with E-state index in [2.05, 4.69) is 15.9 Å². The molecule has 2 rings (SSSR count). The summed E-state index contributed by atoms with van der Waals surface area (Å²) in [6, 6.07) is 8.32. The molecule has 0 aliphatic heterocycles. The molecular weight excluding hydrogens is 302 g/mol. The molecule has 0 amide bonds. The van der Waals surface area contributed by atoms with Gasteiger partial charge in [0, 0.05) is 10.5 Å². The van der Waals surface area contributed by atoms with E-state index >= 15 is 0 Å². The lowest BCUT2D eigenvalue weighted by molar-refractivity contribution is 0.219. The van der Waals surface area contributed by atoms with Gasteiger partial charge in [0.25, 0.3) is 0 Å². The number of rotatable bonds is 2. The predicted molar refractivity (Wildman–Crippen MR) is 69.3 cm³/mol. The Bertz CT molecular complexity index is 564. The molecule has 0 saturated carbocycles. The van der Waals surface area contributed by atoms with Crippen molar-refractivity contribution in [1.29, 1.82) is 0 Å². The van der Waals surface area contributed by atoms with Crippen LogP contribution in [0.3, 0.4) is 0 Å². The smallest absolute Gasteiger partial charge is 0.126 e. The number of hydrogen-bond donors (Lipinski definition) is 1. The third-order valence-electron chi connectivity index (χ3n) is 2.70. The van der Waals surface area contributed by atoms with Crippen molar-refractivity contribution in [2.24, 2.45) is 0 Å². The minimum atomic E-state index is -1.04. The number of aliphatic hydroxyl groups is 1. The van der Waals surface area contributed by atoms with Crippen molar-refractivity contribution in [2.45, 2.75) is 13.0 Å². The SMILES string of the molecule is Cc1cc(C(O)c2cc(F)cc(F)c2)ccc1Br. The van der Waals surface area contributed by atoms with Crippen LogP contribution in [0.15, 0.2) is 40.9 Å². The van der Waals surface area contributed by atoms with Crippen molar-refractivity contribution < 1.29 is 13.9 Å². The van der Waals surface area contributed by atoms with Gasteiger partial charge >= 0.3 is 0 Å². The molecule has 2 aromatic carbocycles. The number of aryl methyl sites for hydroxylation is 1. The quantitative estimate of drug-likeness (QED) is 0.884. The summed E-state index contributed by atoms with van der Waals surface area (Å²) in [7, 11) is 0. The summed E-state index contributed by atoms with van der Waals surface area (Å²) < 4.78 is 27.1. The van der Waals surface area contributed by atoms with Crippen molar-refractivity contribution in [3.63, 3.8) is 0 Å². The Kier molecular flexibility index (Phi) is 3.78. The molecule has 0 aliphatic carbocycles. The molecule has 0 heterocycles. The largest absolute Gasteiger partial charge is 0.384 e. The fourth-order valence-corrected chi connectivity index (χ4v) is 2.01. The van der Waals surface area contributed by atoms with E-state index in [1.165, 1.54) is 0 Å². The molecule has 1 unspecified atom stereocenters. The second kappa shape index (κ2) is 5.16. The summed E-state index contributed by atoms with van der Waals surface area (Å²) in [5.41, 5.74) is 1.75. The second-order valence-corrected chi connectivity index (χ2v) is 4.97. The van der Waals surface area contributed by atoms with Crippen LogP contribution in [0, 0.1) is 18.6 Å². The zero-order valence-corrected chi connectivity index (χ0v) is 11.2. The molecule has 18 heavy (non-hydrogen) atoms. The Morgan fingerprint density at radius 1 is 1.00 bits per heavy atom. The summed E-state index contributed by atoms with van der Waals surface area (Å²) >= 11 is 3.36. The van der Waals surface area contributed by atoms with Crippen LogP contribution in [0.25, 0.3) is 0 Å². The molecule has 4 heteroatoms. The van der Waals surface area contributed by atoms with Crippen molar-refractivity contribution >= 4 is 15.9 Å². The number of benzene rings is 2. The van der Waals surface area contributed by atoms with Gasteiger partial charge < -0.3 is 5.11 Å². The molecule has 0 fully saturated rings. The van der Waals surface area contributed by atoms with E-state index in [1.807, 2.05) is 6.92 Å². The van der Waals surface area contributed by atoms with Gasteiger partial charge in [-0.15, -0.1) is 0 Å². The van der Waals surface area contributed by atoms with Crippen LogP contribution in [-0.2, 0) is 0 Å². The summed E-state index contributed by atoms with van der Waals surface area (Å²) in [6.45, 7) is 1.88. The highest BCUT2D eigenvalue weighted by atomic mass is 79.9. The first-order valence-electron chi connectivity index (χ1n) is 5.37. The molecule has 0 aromatic heterocycles. The van der Waals surface area contributed by atoms with E-state index in [1.54, 1.807) is 18.2 Å². The van der Waals surface area contributed by atoms with Gasteiger partial charge in [0.05, 0.1) is 0 Å². The molecule has 1 N–H and O–H groups in total. The van der Waals surface area contributed by atoms with Gasteiger partial charge in [0.2, 0.25) is 0 Å². The fraction of sp³-hybridized carbons (Fsp3) is 0.143. The molecule has 1 atom stereocenters. The van der Waals surface area contributed by atoms with Gasteiger partial charge in [-0.25, -0.2) is 8.78 Å². The van der Waals surface area contributed by atoms with Gasteiger partial charge in [0.1, 0.15) is 17.7 Å². The normalized spacial score (nSPS) is 12.5. The fourth-order valence-electron chi connectivity index (χ4n) is 1.76. The van der Waals surface area contributed by atoms with Crippen molar-refractivity contribution in [2.75, 3.05) is 0 Å². The molecule has 94 valence electrons. The van der Waals surface area contributed by atoms with Crippen LogP contribution in [0.2, 0.25) is 0 Å². The third-order valence-corrected chi connectivity index (χ3v) is 3.59. The topological polar surface area (TPSA) is 20.2 Å². The number of aliphatic hydroxyl groups excluding tert-OH is 1. The van der Waals surface area contributed by atoms with Crippen LogP contribution in [0.5, 0.6) is 0 Å². The van der Waals surface area contributed by atoms with Gasteiger partial charge in [-0.2, -0.15) is 0 Å². The van der Waals surface area contributed by atoms with E-state index in [4.69, 9.17) is 0 Å². The maximum Gasteiger partial charge on any atom is 0.126 e. The van der Waals surface area contributed by atoms with Gasteiger partial charge in [0.15, 0.2) is 0 Å². The Labute approximate surface area is 112 Å². The van der Waals surface area contributed by atoms with Crippen molar-refractivity contribution in [3.05, 3.63) is 69.2 Å². The van der Waals surface area contributed by atoms with Gasteiger partial charge in [-0.05, 0) is 41.8 Å². The van der Waals surface area contributed by atoms with Crippen LogP contribution >= 0.6 is 15.9 Å². The molecule has 0 bridgehead atoms. The minimum absolute atomic E-state index is 0.203. The molecule has 0 radical (unpaired) electrons. The Morgan fingerprint density at radius 2 is 1.61 bits per heavy atom. The first-order valence-corrected chi connectivity index (χ1v) is 6.17. The van der Waals surface area contributed by atoms with E-state index in [0.29, 0.717) is 5.56 Å². The highest BCUT2D eigenvalue weighted by molar-refractivity contribution is 9.10. The molecule has 1 nitrogen and oxygen atoms in total. The molecular formula is C14H11BrF2O. The van der Waals surface area contributed by atoms with E-state index in [9.17, 15) is 13.9 Å². The molecule has 2 aromatic rings. The van der Waals surface area contributed by atoms with Crippen LogP contribution in [0.4, 0.5) is 8.78 Å². The maximum atomic E-state index is 13.1. The van der Waals surface area contributed by atoms with Gasteiger partial charge in [-0.3, -0.25) is 0 Å². The molecule has 0 aliphatic rings. The Balaban J connectivity index is 2.40. The maximum absolute atomic E-state index is 13.1. The first-order chi connectivity index (χ1) is 8.47. The van der Waals surface area contributed by atoms with Crippen molar-refractivity contribution in [3.8, 4) is 0 Å². The first kappa shape index (κ1) is 13.2. The standard InChI is InChI=1S/C14H11BrF2O/c1-8-4-9(2-3-13(8)15)14(18)10-5-11(16)7-12(17)6-10/h2-7,14,18H,1H3. The van der Waals surface area contributed by atoms with Crippen LogP contribution < -0.4 is 0 Å². The van der Waals surface area contributed by atoms with Gasteiger partial charge in [-0.1, -0.05) is 28.1 Å². The zero-order chi connectivity index (χ0) is 13.3. The third kappa shape index (κ3) is 2.76. The summed E-state index contributed by atoms with van der Waals surface area (Å²) in [5.74, 6) is -1.39. The average Bonchev–Trinajstić information content (AvgIpc) is 2.30. The van der Waals surface area contributed by atoms with E-state index in [-0.39, 0.29) is 5.56 Å². The minimum Gasteiger partial charge on any atom is -0.384 e. The van der Waals surface area contributed by atoms with Crippen LogP contribution in [0.1, 0.15) is 22.8 Å². The highest BCUT2D eigenvalue weighted by Gasteiger charge is 2.13. The highest BCUT2D eigenvalue weighted by Crippen LogP contribution is 2.26. The van der Waals surface area contributed by atoms with Crippen molar-refractivity contribution in [1.82, 2.24) is 0 Å². The monoisotopic (exact) mass is 312 g/mol. The summed E-state index contributed by atoms with van der Waals surface area (Å²) in [6.07, 6.45) is -1.04. The lowest BCUT2D eigenvalue weighted by Crippen LogP contribution is -2.01. The Morgan fingerprint density at radius 3 is 2.17 bits per heavy atom. The van der Waals surface area contributed by atoms with E-state index < -0.39 is 17.7 Å². The second-order valence-electron chi connectivity index (χ2n) is 4.11. The lowest BCUT2D eigenvalue weighted by atomic mass is 10.00. The predicted octanol–water partition coefficient (Wildman–Crippen LogP) is 4.12. The summed E-state index contributed by atoms with van der Waals surface area (Å²) in [5, 5.41) is 10.1. The number of hydrogen-bond acceptors (Lipinski definition) is 1. The Hall–Kier alpha value is -1.26. The van der Waals surface area contributed by atoms with Crippen LogP contribution in [-0.4, -0.2) is 5.11 Å². The molecule has 0 spiro atoms. The average molecular weight is 313 g/mol. The zero-order valence-electron chi connectivity index (χ0n) is 9.62. The lowest BCUT2D eigenvalue weighted by Gasteiger charge is -2.13. The summed E-state index contributed by atoms with van der Waals surface area (Å²) in [4.78, 5) is 0. The number of halogens is 3.